The topological polar surface area (TPSA) is 66.5 Å². The fourth-order valence-electron chi connectivity index (χ4n) is 3.34. The van der Waals surface area contributed by atoms with Crippen molar-refractivity contribution in [1.82, 2.24) is 9.62 Å². The van der Waals surface area contributed by atoms with Crippen molar-refractivity contribution in [3.8, 4) is 0 Å². The molecule has 5 nitrogen and oxygen atoms in total. The van der Waals surface area contributed by atoms with E-state index in [1.54, 1.807) is 12.1 Å². The van der Waals surface area contributed by atoms with Crippen LogP contribution in [0.3, 0.4) is 0 Å². The maximum Gasteiger partial charge on any atom is 0.250 e. The lowest BCUT2D eigenvalue weighted by Crippen LogP contribution is -2.53. The Morgan fingerprint density at radius 1 is 1.26 bits per heavy atom. The highest BCUT2D eigenvalue weighted by atomic mass is 79.9. The minimum absolute atomic E-state index is 0.130. The van der Waals surface area contributed by atoms with Crippen LogP contribution in [0.5, 0.6) is 0 Å². The van der Waals surface area contributed by atoms with Crippen LogP contribution < -0.4 is 4.72 Å². The van der Waals surface area contributed by atoms with Crippen molar-refractivity contribution in [2.24, 2.45) is 0 Å². The van der Waals surface area contributed by atoms with Gasteiger partial charge in [-0.15, -0.1) is 11.3 Å². The van der Waals surface area contributed by atoms with Gasteiger partial charge in [-0.1, -0.05) is 30.3 Å². The summed E-state index contributed by atoms with van der Waals surface area (Å²) >= 11 is 4.43. The highest BCUT2D eigenvalue weighted by molar-refractivity contribution is 9.11. The van der Waals surface area contributed by atoms with Gasteiger partial charge in [0, 0.05) is 12.6 Å². The Morgan fingerprint density at radius 2 is 2.00 bits per heavy atom. The highest BCUT2D eigenvalue weighted by Gasteiger charge is 2.33. The van der Waals surface area contributed by atoms with E-state index in [0.29, 0.717) is 13.0 Å². The zero-order valence-corrected chi connectivity index (χ0v) is 18.3. The standard InChI is InChI=1S/C19H23BrN2O3S2/c1-14-7-5-6-12-22(14)19(23)16(13-15-8-3-2-4-9-15)21-27(24,25)18-11-10-17(20)26-18/h2-4,8-11,14,16,21H,5-7,12-13H2,1H3/t14-,16+/m0/s1. The lowest BCUT2D eigenvalue weighted by atomic mass is 10.0. The largest absolute Gasteiger partial charge is 0.339 e. The van der Waals surface area contributed by atoms with E-state index in [2.05, 4.69) is 20.7 Å². The number of benzene rings is 1. The fourth-order valence-corrected chi connectivity index (χ4v) is 6.56. The second-order valence-corrected chi connectivity index (χ2v) is 11.2. The van der Waals surface area contributed by atoms with Gasteiger partial charge in [0.15, 0.2) is 0 Å². The molecule has 1 aliphatic heterocycles. The molecule has 2 aromatic rings. The van der Waals surface area contributed by atoms with Crippen molar-refractivity contribution in [1.29, 1.82) is 0 Å². The Kier molecular flexibility index (Phi) is 6.73. The molecule has 27 heavy (non-hydrogen) atoms. The number of rotatable bonds is 6. The number of sulfonamides is 1. The number of amides is 1. The number of carbonyl (C=O) groups excluding carboxylic acids is 1. The molecule has 1 aromatic carbocycles. The summed E-state index contributed by atoms with van der Waals surface area (Å²) in [6.45, 7) is 2.71. The van der Waals surface area contributed by atoms with Crippen molar-refractivity contribution in [3.05, 3.63) is 51.8 Å². The molecule has 3 rings (SSSR count). The monoisotopic (exact) mass is 470 g/mol. The molecular weight excluding hydrogens is 448 g/mol. The molecule has 0 aliphatic carbocycles. The van der Waals surface area contributed by atoms with Gasteiger partial charge in [0.2, 0.25) is 5.91 Å². The molecule has 1 N–H and O–H groups in total. The molecule has 0 bridgehead atoms. The molecule has 0 radical (unpaired) electrons. The number of hydrogen-bond acceptors (Lipinski definition) is 4. The Labute approximate surface area is 173 Å². The van der Waals surface area contributed by atoms with Crippen LogP contribution in [-0.4, -0.2) is 37.9 Å². The first kappa shape index (κ1) is 20.5. The van der Waals surface area contributed by atoms with Gasteiger partial charge in [-0.05, 0) is 66.2 Å². The predicted molar refractivity (Wildman–Crippen MR) is 111 cm³/mol. The zero-order chi connectivity index (χ0) is 19.4. The van der Waals surface area contributed by atoms with Crippen molar-refractivity contribution in [2.75, 3.05) is 6.54 Å². The Bertz CT molecular complexity index is 883. The number of nitrogens with one attached hydrogen (secondary N) is 1. The molecule has 2 atom stereocenters. The first-order valence-corrected chi connectivity index (χ1v) is 12.1. The molecular formula is C19H23BrN2O3S2. The Hall–Kier alpha value is -1.22. The molecule has 1 aliphatic rings. The van der Waals surface area contributed by atoms with Crippen LogP contribution in [0, 0.1) is 0 Å². The third-order valence-corrected chi connectivity index (χ3v) is 8.36. The summed E-state index contributed by atoms with van der Waals surface area (Å²) in [6.07, 6.45) is 3.34. The summed E-state index contributed by atoms with van der Waals surface area (Å²) in [5.41, 5.74) is 0.926. The summed E-state index contributed by atoms with van der Waals surface area (Å²) in [4.78, 5) is 15.0. The van der Waals surface area contributed by atoms with E-state index in [1.807, 2.05) is 42.2 Å². The molecule has 0 spiro atoms. The van der Waals surface area contributed by atoms with Crippen LogP contribution in [0.1, 0.15) is 31.7 Å². The quantitative estimate of drug-likeness (QED) is 0.697. The van der Waals surface area contributed by atoms with Crippen LogP contribution in [0.2, 0.25) is 0 Å². The molecule has 0 unspecified atom stereocenters. The van der Waals surface area contributed by atoms with Crippen molar-refractivity contribution >= 4 is 43.2 Å². The first-order chi connectivity index (χ1) is 12.9. The number of thiophene rings is 1. The van der Waals surface area contributed by atoms with Gasteiger partial charge in [0.05, 0.1) is 3.79 Å². The molecule has 1 aromatic heterocycles. The summed E-state index contributed by atoms with van der Waals surface area (Å²) < 4.78 is 29.2. The molecule has 8 heteroatoms. The van der Waals surface area contributed by atoms with Crippen LogP contribution in [0.4, 0.5) is 0 Å². The minimum Gasteiger partial charge on any atom is -0.339 e. The molecule has 146 valence electrons. The maximum atomic E-state index is 13.2. The third kappa shape index (κ3) is 5.19. The van der Waals surface area contributed by atoms with Crippen LogP contribution in [0.25, 0.3) is 0 Å². The third-order valence-electron chi connectivity index (χ3n) is 4.78. The van der Waals surface area contributed by atoms with Crippen molar-refractivity contribution in [3.63, 3.8) is 0 Å². The average Bonchev–Trinajstić information content (AvgIpc) is 3.09. The summed E-state index contributed by atoms with van der Waals surface area (Å²) in [7, 11) is -3.77. The lowest BCUT2D eigenvalue weighted by molar-refractivity contribution is -0.136. The normalized spacial score (nSPS) is 19.0. The maximum absolute atomic E-state index is 13.2. The van der Waals surface area contributed by atoms with Crippen LogP contribution in [-0.2, 0) is 21.2 Å². The summed E-state index contributed by atoms with van der Waals surface area (Å²) in [6, 6.07) is 12.1. The molecule has 1 amide bonds. The molecule has 1 saturated heterocycles. The van der Waals surface area contributed by atoms with Crippen molar-refractivity contribution < 1.29 is 13.2 Å². The van der Waals surface area contributed by atoms with E-state index in [1.165, 1.54) is 0 Å². The van der Waals surface area contributed by atoms with E-state index < -0.39 is 16.1 Å². The van der Waals surface area contributed by atoms with Gasteiger partial charge in [0.25, 0.3) is 10.0 Å². The zero-order valence-electron chi connectivity index (χ0n) is 15.1. The van der Waals surface area contributed by atoms with Gasteiger partial charge < -0.3 is 4.90 Å². The van der Waals surface area contributed by atoms with E-state index in [4.69, 9.17) is 0 Å². The number of piperidine rings is 1. The lowest BCUT2D eigenvalue weighted by Gasteiger charge is -2.36. The van der Waals surface area contributed by atoms with E-state index >= 15 is 0 Å². The van der Waals surface area contributed by atoms with Crippen LogP contribution >= 0.6 is 27.3 Å². The SMILES string of the molecule is C[C@H]1CCCCN1C(=O)[C@@H](Cc1ccccc1)NS(=O)(=O)c1ccc(Br)s1. The van der Waals surface area contributed by atoms with E-state index in [-0.39, 0.29) is 16.2 Å². The number of halogens is 1. The number of likely N-dealkylation sites (tertiary alicyclic amines) is 1. The van der Waals surface area contributed by atoms with Gasteiger partial charge in [0.1, 0.15) is 10.3 Å². The molecule has 0 saturated carbocycles. The summed E-state index contributed by atoms with van der Waals surface area (Å²) in [5.74, 6) is -0.148. The number of nitrogens with zero attached hydrogens (tertiary/aromatic N) is 1. The second kappa shape index (κ2) is 8.86. The number of hydrogen-bond donors (Lipinski definition) is 1. The van der Waals surface area contributed by atoms with Gasteiger partial charge in [-0.25, -0.2) is 8.42 Å². The van der Waals surface area contributed by atoms with Crippen LogP contribution in [0.15, 0.2) is 50.5 Å². The van der Waals surface area contributed by atoms with Crippen molar-refractivity contribution in [2.45, 2.75) is 48.9 Å². The van der Waals surface area contributed by atoms with Gasteiger partial charge >= 0.3 is 0 Å². The first-order valence-electron chi connectivity index (χ1n) is 8.99. The van der Waals surface area contributed by atoms with Gasteiger partial charge in [-0.2, -0.15) is 4.72 Å². The second-order valence-electron chi connectivity index (χ2n) is 6.80. The number of carbonyl (C=O) groups is 1. The Morgan fingerprint density at radius 3 is 2.63 bits per heavy atom. The van der Waals surface area contributed by atoms with E-state index in [0.717, 1.165) is 39.9 Å². The van der Waals surface area contributed by atoms with Gasteiger partial charge in [-0.3, -0.25) is 4.79 Å². The minimum atomic E-state index is -3.77. The smallest absolute Gasteiger partial charge is 0.250 e. The fraction of sp³-hybridized carbons (Fsp3) is 0.421. The molecule has 1 fully saturated rings. The molecule has 2 heterocycles. The summed E-state index contributed by atoms with van der Waals surface area (Å²) in [5, 5.41) is 0. The predicted octanol–water partition coefficient (Wildman–Crippen LogP) is 3.80. The Balaban J connectivity index is 1.86. The average molecular weight is 471 g/mol. The highest BCUT2D eigenvalue weighted by Crippen LogP contribution is 2.26. The van der Waals surface area contributed by atoms with E-state index in [9.17, 15) is 13.2 Å².